The first-order chi connectivity index (χ1) is 13.2. The zero-order valence-corrected chi connectivity index (χ0v) is 15.7. The van der Waals surface area contributed by atoms with Gasteiger partial charge in [0, 0.05) is 25.3 Å². The molecule has 144 valence electrons. The highest BCUT2D eigenvalue weighted by Crippen LogP contribution is 2.25. The minimum Gasteiger partial charge on any atom is -0.497 e. The van der Waals surface area contributed by atoms with E-state index in [1.54, 1.807) is 7.11 Å². The fourth-order valence-electron chi connectivity index (χ4n) is 3.08. The molecule has 0 aromatic heterocycles. The number of benzene rings is 2. The fraction of sp³-hybridized carbons (Fsp3) is 0.381. The number of morpholine rings is 1. The maximum Gasteiger partial charge on any atom is 0.319 e. The number of hydrogen-bond acceptors (Lipinski definition) is 4. The molecule has 2 amide bonds. The number of ether oxygens (including phenoxy) is 2. The van der Waals surface area contributed by atoms with Crippen LogP contribution in [0, 0.1) is 0 Å². The number of rotatable bonds is 7. The molecule has 1 aliphatic rings. The Hall–Kier alpha value is -2.57. The Morgan fingerprint density at radius 1 is 1.11 bits per heavy atom. The van der Waals surface area contributed by atoms with Crippen molar-refractivity contribution in [2.24, 2.45) is 0 Å². The lowest BCUT2D eigenvalue weighted by Crippen LogP contribution is -2.38. The predicted molar refractivity (Wildman–Crippen MR) is 107 cm³/mol. The van der Waals surface area contributed by atoms with Gasteiger partial charge in [-0.25, -0.2) is 4.79 Å². The van der Waals surface area contributed by atoms with Crippen molar-refractivity contribution in [2.75, 3.05) is 51.8 Å². The summed E-state index contributed by atoms with van der Waals surface area (Å²) < 4.78 is 10.6. The van der Waals surface area contributed by atoms with Crippen LogP contribution in [-0.4, -0.2) is 57.4 Å². The Morgan fingerprint density at radius 2 is 1.85 bits per heavy atom. The number of anilines is 1. The standard InChI is InChI=1S/C21H27N3O3/c1-26-20-8-3-6-18(16-20)17-5-2-7-19(15-17)23-21(25)22-9-4-10-24-11-13-27-14-12-24/h2-3,5-8,15-16H,4,9-14H2,1H3,(H2,22,23,25). The van der Waals surface area contributed by atoms with E-state index in [-0.39, 0.29) is 6.03 Å². The Kier molecular flexibility index (Phi) is 7.07. The Bertz CT molecular complexity index is 745. The molecule has 1 heterocycles. The van der Waals surface area contributed by atoms with E-state index >= 15 is 0 Å². The lowest BCUT2D eigenvalue weighted by atomic mass is 10.0. The molecule has 1 saturated heterocycles. The molecule has 2 N–H and O–H groups in total. The molecule has 0 spiro atoms. The molecule has 6 nitrogen and oxygen atoms in total. The van der Waals surface area contributed by atoms with Crippen LogP contribution in [0.25, 0.3) is 11.1 Å². The lowest BCUT2D eigenvalue weighted by Gasteiger charge is -2.26. The molecule has 2 aromatic carbocycles. The zero-order valence-electron chi connectivity index (χ0n) is 15.7. The monoisotopic (exact) mass is 369 g/mol. The normalized spacial score (nSPS) is 14.6. The average molecular weight is 369 g/mol. The minimum absolute atomic E-state index is 0.181. The second-order valence-electron chi connectivity index (χ2n) is 6.50. The molecule has 0 radical (unpaired) electrons. The van der Waals surface area contributed by atoms with Gasteiger partial charge in [0.1, 0.15) is 5.75 Å². The summed E-state index contributed by atoms with van der Waals surface area (Å²) in [5, 5.41) is 5.82. The maximum atomic E-state index is 12.1. The summed E-state index contributed by atoms with van der Waals surface area (Å²) in [4.78, 5) is 14.5. The molecule has 0 atom stereocenters. The third-order valence-electron chi connectivity index (χ3n) is 4.56. The first-order valence-electron chi connectivity index (χ1n) is 9.34. The van der Waals surface area contributed by atoms with Crippen LogP contribution in [0.3, 0.4) is 0 Å². The fourth-order valence-corrected chi connectivity index (χ4v) is 3.08. The highest BCUT2D eigenvalue weighted by molar-refractivity contribution is 5.90. The summed E-state index contributed by atoms with van der Waals surface area (Å²) in [5.74, 6) is 0.809. The molecule has 1 aliphatic heterocycles. The van der Waals surface area contributed by atoms with E-state index in [9.17, 15) is 4.79 Å². The molecule has 6 heteroatoms. The molecular formula is C21H27N3O3. The summed E-state index contributed by atoms with van der Waals surface area (Å²) in [5.41, 5.74) is 2.84. The second kappa shape index (κ2) is 9.94. The highest BCUT2D eigenvalue weighted by Gasteiger charge is 2.09. The molecule has 1 fully saturated rings. The SMILES string of the molecule is COc1cccc(-c2cccc(NC(=O)NCCCN3CCOCC3)c2)c1. The van der Waals surface area contributed by atoms with Gasteiger partial charge in [-0.05, 0) is 48.4 Å². The lowest BCUT2D eigenvalue weighted by molar-refractivity contribution is 0.0375. The minimum atomic E-state index is -0.181. The van der Waals surface area contributed by atoms with Crippen LogP contribution < -0.4 is 15.4 Å². The van der Waals surface area contributed by atoms with E-state index in [1.165, 1.54) is 0 Å². The highest BCUT2D eigenvalue weighted by atomic mass is 16.5. The predicted octanol–water partition coefficient (Wildman–Crippen LogP) is 3.21. The van der Waals surface area contributed by atoms with Crippen molar-refractivity contribution in [2.45, 2.75) is 6.42 Å². The Morgan fingerprint density at radius 3 is 2.63 bits per heavy atom. The van der Waals surface area contributed by atoms with E-state index in [4.69, 9.17) is 9.47 Å². The molecule has 27 heavy (non-hydrogen) atoms. The number of nitrogens with zero attached hydrogens (tertiary/aromatic N) is 1. The van der Waals surface area contributed by atoms with Crippen molar-refractivity contribution in [1.82, 2.24) is 10.2 Å². The third-order valence-corrected chi connectivity index (χ3v) is 4.56. The van der Waals surface area contributed by atoms with Crippen molar-refractivity contribution >= 4 is 11.7 Å². The zero-order chi connectivity index (χ0) is 18.9. The summed E-state index contributed by atoms with van der Waals surface area (Å²) >= 11 is 0. The quantitative estimate of drug-likeness (QED) is 0.736. The van der Waals surface area contributed by atoms with Crippen molar-refractivity contribution in [1.29, 1.82) is 0 Å². The first-order valence-corrected chi connectivity index (χ1v) is 9.34. The molecule has 0 saturated carbocycles. The van der Waals surface area contributed by atoms with Crippen molar-refractivity contribution < 1.29 is 14.3 Å². The van der Waals surface area contributed by atoms with Gasteiger partial charge in [0.2, 0.25) is 0 Å². The molecule has 0 bridgehead atoms. The molecule has 2 aromatic rings. The molecular weight excluding hydrogens is 342 g/mol. The smallest absolute Gasteiger partial charge is 0.319 e. The molecule has 0 aliphatic carbocycles. The number of carbonyl (C=O) groups excluding carboxylic acids is 1. The van der Waals surface area contributed by atoms with Gasteiger partial charge in [-0.3, -0.25) is 4.90 Å². The van der Waals surface area contributed by atoms with Gasteiger partial charge in [0.25, 0.3) is 0 Å². The van der Waals surface area contributed by atoms with Gasteiger partial charge in [-0.15, -0.1) is 0 Å². The van der Waals surface area contributed by atoms with Crippen LogP contribution in [0.2, 0.25) is 0 Å². The average Bonchev–Trinajstić information content (AvgIpc) is 2.72. The van der Waals surface area contributed by atoms with Gasteiger partial charge in [0.15, 0.2) is 0 Å². The van der Waals surface area contributed by atoms with E-state index in [1.807, 2.05) is 48.5 Å². The Balaban J connectivity index is 1.47. The van der Waals surface area contributed by atoms with Gasteiger partial charge in [-0.2, -0.15) is 0 Å². The summed E-state index contributed by atoms with van der Waals surface area (Å²) in [7, 11) is 1.65. The van der Waals surface area contributed by atoms with E-state index < -0.39 is 0 Å². The van der Waals surface area contributed by atoms with Crippen molar-refractivity contribution in [3.63, 3.8) is 0 Å². The number of methoxy groups -OCH3 is 1. The van der Waals surface area contributed by atoms with Crippen LogP contribution in [0.4, 0.5) is 10.5 Å². The number of amides is 2. The number of urea groups is 1. The van der Waals surface area contributed by atoms with Crippen LogP contribution in [0.5, 0.6) is 5.75 Å². The largest absolute Gasteiger partial charge is 0.497 e. The van der Waals surface area contributed by atoms with Gasteiger partial charge < -0.3 is 20.1 Å². The van der Waals surface area contributed by atoms with Crippen LogP contribution in [-0.2, 0) is 4.74 Å². The molecule has 3 rings (SSSR count). The number of carbonyl (C=O) groups is 1. The van der Waals surface area contributed by atoms with Crippen molar-refractivity contribution in [3.05, 3.63) is 48.5 Å². The Labute approximate surface area is 160 Å². The van der Waals surface area contributed by atoms with E-state index in [0.717, 1.165) is 61.8 Å². The van der Waals surface area contributed by atoms with Crippen LogP contribution in [0.1, 0.15) is 6.42 Å². The van der Waals surface area contributed by atoms with Crippen LogP contribution >= 0.6 is 0 Å². The van der Waals surface area contributed by atoms with Crippen molar-refractivity contribution in [3.8, 4) is 16.9 Å². The van der Waals surface area contributed by atoms with E-state index in [0.29, 0.717) is 6.54 Å². The van der Waals surface area contributed by atoms with Crippen LogP contribution in [0.15, 0.2) is 48.5 Å². The van der Waals surface area contributed by atoms with E-state index in [2.05, 4.69) is 15.5 Å². The number of hydrogen-bond donors (Lipinski definition) is 2. The summed E-state index contributed by atoms with van der Waals surface area (Å²) in [6, 6.07) is 15.5. The number of nitrogens with one attached hydrogen (secondary N) is 2. The summed E-state index contributed by atoms with van der Waals surface area (Å²) in [6.45, 7) is 5.19. The first kappa shape index (κ1) is 19.2. The van der Waals surface area contributed by atoms with Gasteiger partial charge in [-0.1, -0.05) is 24.3 Å². The topological polar surface area (TPSA) is 62.8 Å². The van der Waals surface area contributed by atoms with Gasteiger partial charge in [0.05, 0.1) is 20.3 Å². The third kappa shape index (κ3) is 5.98. The molecule has 0 unspecified atom stereocenters. The van der Waals surface area contributed by atoms with Gasteiger partial charge >= 0.3 is 6.03 Å². The summed E-state index contributed by atoms with van der Waals surface area (Å²) in [6.07, 6.45) is 0.928. The second-order valence-corrected chi connectivity index (χ2v) is 6.50. The maximum absolute atomic E-state index is 12.1.